The first-order valence-electron chi connectivity index (χ1n) is 5.45. The van der Waals surface area contributed by atoms with E-state index in [1.165, 1.54) is 0 Å². The molecule has 1 aromatic rings. The molecule has 2 heterocycles. The van der Waals surface area contributed by atoms with Gasteiger partial charge in [-0.1, -0.05) is 6.92 Å². The lowest BCUT2D eigenvalue weighted by Gasteiger charge is -2.03. The number of thioether (sulfide) groups is 1. The van der Waals surface area contributed by atoms with Gasteiger partial charge in [-0.2, -0.15) is 16.9 Å². The summed E-state index contributed by atoms with van der Waals surface area (Å²) in [5.41, 5.74) is 0.788. The standard InChI is InChI=1S/C11H16N2OS/c1-2-4-13-7-10(6-12-13)11(14)9-3-5-15-8-9/h6-7,9H,2-5,8H2,1H3. The molecule has 2 rings (SSSR count). The third-order valence-corrected chi connectivity index (χ3v) is 3.83. The summed E-state index contributed by atoms with van der Waals surface area (Å²) in [7, 11) is 0. The first-order valence-corrected chi connectivity index (χ1v) is 6.61. The second-order valence-electron chi connectivity index (χ2n) is 3.92. The van der Waals surface area contributed by atoms with Crippen molar-refractivity contribution >= 4 is 17.5 Å². The van der Waals surface area contributed by atoms with Crippen LogP contribution in [-0.2, 0) is 6.54 Å². The maximum atomic E-state index is 12.0. The summed E-state index contributed by atoms with van der Waals surface area (Å²) in [5, 5.41) is 4.19. The fraction of sp³-hybridized carbons (Fsp3) is 0.636. The van der Waals surface area contributed by atoms with E-state index in [9.17, 15) is 4.79 Å². The van der Waals surface area contributed by atoms with E-state index in [0.29, 0.717) is 0 Å². The Morgan fingerprint density at radius 1 is 1.73 bits per heavy atom. The van der Waals surface area contributed by atoms with Gasteiger partial charge in [0.05, 0.1) is 11.8 Å². The van der Waals surface area contributed by atoms with Crippen molar-refractivity contribution in [2.24, 2.45) is 5.92 Å². The van der Waals surface area contributed by atoms with Gasteiger partial charge in [-0.3, -0.25) is 9.48 Å². The van der Waals surface area contributed by atoms with Gasteiger partial charge in [-0.15, -0.1) is 0 Å². The van der Waals surface area contributed by atoms with Gasteiger partial charge in [0.2, 0.25) is 0 Å². The van der Waals surface area contributed by atoms with Crippen LogP contribution in [-0.4, -0.2) is 27.1 Å². The van der Waals surface area contributed by atoms with E-state index in [-0.39, 0.29) is 11.7 Å². The molecular weight excluding hydrogens is 208 g/mol. The quantitative estimate of drug-likeness (QED) is 0.736. The van der Waals surface area contributed by atoms with Crippen molar-refractivity contribution in [1.29, 1.82) is 0 Å². The lowest BCUT2D eigenvalue weighted by atomic mass is 10.00. The lowest BCUT2D eigenvalue weighted by Crippen LogP contribution is -2.13. The summed E-state index contributed by atoms with van der Waals surface area (Å²) in [6.07, 6.45) is 5.67. The summed E-state index contributed by atoms with van der Waals surface area (Å²) in [6, 6.07) is 0. The number of hydrogen-bond donors (Lipinski definition) is 0. The Balaban J connectivity index is 2.04. The third-order valence-electron chi connectivity index (χ3n) is 2.67. The number of Topliss-reactive ketones (excluding diaryl/α,β-unsaturated/α-hetero) is 1. The van der Waals surface area contributed by atoms with Gasteiger partial charge in [-0.25, -0.2) is 0 Å². The summed E-state index contributed by atoms with van der Waals surface area (Å²) >= 11 is 1.87. The Morgan fingerprint density at radius 3 is 3.27 bits per heavy atom. The molecule has 4 heteroatoms. The van der Waals surface area contributed by atoms with Crippen LogP contribution in [0.3, 0.4) is 0 Å². The van der Waals surface area contributed by atoms with E-state index in [1.54, 1.807) is 6.20 Å². The first-order chi connectivity index (χ1) is 7.31. The molecule has 1 aromatic heterocycles. The Kier molecular flexibility index (Phi) is 3.46. The molecule has 1 unspecified atom stereocenters. The van der Waals surface area contributed by atoms with E-state index >= 15 is 0 Å². The molecule has 0 bridgehead atoms. The number of carbonyl (C=O) groups excluding carboxylic acids is 1. The molecule has 0 radical (unpaired) electrons. The number of nitrogens with zero attached hydrogens (tertiary/aromatic N) is 2. The zero-order valence-electron chi connectivity index (χ0n) is 8.98. The number of carbonyl (C=O) groups is 1. The molecule has 0 N–H and O–H groups in total. The zero-order chi connectivity index (χ0) is 10.7. The van der Waals surface area contributed by atoms with Crippen LogP contribution in [0, 0.1) is 5.92 Å². The van der Waals surface area contributed by atoms with Gasteiger partial charge in [0, 0.05) is 24.4 Å². The van der Waals surface area contributed by atoms with Crippen LogP contribution >= 0.6 is 11.8 Å². The van der Waals surface area contributed by atoms with Crippen molar-refractivity contribution in [3.05, 3.63) is 18.0 Å². The van der Waals surface area contributed by atoms with Gasteiger partial charge in [-0.05, 0) is 18.6 Å². The Bertz CT molecular complexity index is 342. The van der Waals surface area contributed by atoms with Gasteiger partial charge in [0.25, 0.3) is 0 Å². The van der Waals surface area contributed by atoms with Crippen LogP contribution in [0.5, 0.6) is 0 Å². The smallest absolute Gasteiger partial charge is 0.169 e. The molecule has 82 valence electrons. The highest BCUT2D eigenvalue weighted by Gasteiger charge is 2.24. The van der Waals surface area contributed by atoms with Gasteiger partial charge in [0.1, 0.15) is 0 Å². The van der Waals surface area contributed by atoms with E-state index in [2.05, 4.69) is 12.0 Å². The molecule has 1 atom stereocenters. The number of hydrogen-bond acceptors (Lipinski definition) is 3. The Hall–Kier alpha value is -0.770. The Labute approximate surface area is 94.2 Å². The summed E-state index contributed by atoms with van der Waals surface area (Å²) in [6.45, 7) is 3.00. The van der Waals surface area contributed by atoms with E-state index in [1.807, 2.05) is 22.6 Å². The van der Waals surface area contributed by atoms with Crippen molar-refractivity contribution in [3.63, 3.8) is 0 Å². The average molecular weight is 224 g/mol. The average Bonchev–Trinajstić information content (AvgIpc) is 2.87. The highest BCUT2D eigenvalue weighted by molar-refractivity contribution is 7.99. The van der Waals surface area contributed by atoms with Crippen molar-refractivity contribution < 1.29 is 4.79 Å². The predicted molar refractivity (Wildman–Crippen MR) is 62.3 cm³/mol. The summed E-state index contributed by atoms with van der Waals surface area (Å²) in [5.74, 6) is 2.62. The monoisotopic (exact) mass is 224 g/mol. The van der Waals surface area contributed by atoms with Crippen LogP contribution in [0.4, 0.5) is 0 Å². The molecule has 3 nitrogen and oxygen atoms in total. The normalized spacial score (nSPS) is 20.7. The van der Waals surface area contributed by atoms with Crippen molar-refractivity contribution in [2.45, 2.75) is 26.3 Å². The SMILES string of the molecule is CCCn1cc(C(=O)C2CCSC2)cn1. The van der Waals surface area contributed by atoms with Gasteiger partial charge < -0.3 is 0 Å². The molecule has 0 spiro atoms. The largest absolute Gasteiger partial charge is 0.294 e. The summed E-state index contributed by atoms with van der Waals surface area (Å²) < 4.78 is 1.86. The molecule has 0 saturated carbocycles. The second kappa shape index (κ2) is 4.84. The third kappa shape index (κ3) is 2.43. The van der Waals surface area contributed by atoms with Crippen LogP contribution in [0.1, 0.15) is 30.1 Å². The predicted octanol–water partition coefficient (Wildman–Crippen LogP) is 2.23. The van der Waals surface area contributed by atoms with Crippen LogP contribution in [0.25, 0.3) is 0 Å². The number of rotatable bonds is 4. The van der Waals surface area contributed by atoms with E-state index in [0.717, 1.165) is 36.5 Å². The van der Waals surface area contributed by atoms with Crippen LogP contribution in [0.15, 0.2) is 12.4 Å². The molecule has 0 aliphatic carbocycles. The lowest BCUT2D eigenvalue weighted by molar-refractivity contribution is 0.0933. The zero-order valence-corrected chi connectivity index (χ0v) is 9.80. The first kappa shape index (κ1) is 10.7. The van der Waals surface area contributed by atoms with Gasteiger partial charge in [0.15, 0.2) is 5.78 Å². The van der Waals surface area contributed by atoms with E-state index in [4.69, 9.17) is 0 Å². The number of aryl methyl sites for hydroxylation is 1. The van der Waals surface area contributed by atoms with Crippen molar-refractivity contribution in [1.82, 2.24) is 9.78 Å². The minimum Gasteiger partial charge on any atom is -0.294 e. The van der Waals surface area contributed by atoms with Crippen LogP contribution in [0.2, 0.25) is 0 Å². The van der Waals surface area contributed by atoms with Gasteiger partial charge >= 0.3 is 0 Å². The van der Waals surface area contributed by atoms with Crippen molar-refractivity contribution in [2.75, 3.05) is 11.5 Å². The number of aromatic nitrogens is 2. The topological polar surface area (TPSA) is 34.9 Å². The summed E-state index contributed by atoms with van der Waals surface area (Å²) in [4.78, 5) is 12.0. The fourth-order valence-corrected chi connectivity index (χ4v) is 3.04. The minimum atomic E-state index is 0.231. The highest BCUT2D eigenvalue weighted by Crippen LogP contribution is 2.26. The van der Waals surface area contributed by atoms with E-state index < -0.39 is 0 Å². The second-order valence-corrected chi connectivity index (χ2v) is 5.07. The molecule has 0 aromatic carbocycles. The number of ketones is 1. The molecular formula is C11H16N2OS. The Morgan fingerprint density at radius 2 is 2.60 bits per heavy atom. The highest BCUT2D eigenvalue weighted by atomic mass is 32.2. The molecule has 1 aliphatic rings. The molecule has 1 saturated heterocycles. The molecule has 15 heavy (non-hydrogen) atoms. The maximum absolute atomic E-state index is 12.0. The van der Waals surface area contributed by atoms with Crippen molar-refractivity contribution in [3.8, 4) is 0 Å². The fourth-order valence-electron chi connectivity index (χ4n) is 1.82. The molecule has 0 amide bonds. The molecule has 1 aliphatic heterocycles. The minimum absolute atomic E-state index is 0.231. The molecule has 1 fully saturated rings. The maximum Gasteiger partial charge on any atom is 0.169 e. The van der Waals surface area contributed by atoms with Crippen LogP contribution < -0.4 is 0 Å².